The van der Waals surface area contributed by atoms with Gasteiger partial charge in [0.2, 0.25) is 5.91 Å². The van der Waals surface area contributed by atoms with Crippen LogP contribution < -0.4 is 5.73 Å². The molecule has 1 heterocycles. The summed E-state index contributed by atoms with van der Waals surface area (Å²) in [5.41, 5.74) is 7.17. The van der Waals surface area contributed by atoms with Crippen LogP contribution in [0.1, 0.15) is 39.1 Å². The minimum Gasteiger partial charge on any atom is -0.366 e. The van der Waals surface area contributed by atoms with Crippen molar-refractivity contribution in [2.24, 2.45) is 5.73 Å². The second kappa shape index (κ2) is 6.83. The van der Waals surface area contributed by atoms with E-state index in [1.807, 2.05) is 4.90 Å². The highest BCUT2D eigenvalue weighted by Gasteiger charge is 2.29. The topological polar surface area (TPSA) is 63.4 Å². The van der Waals surface area contributed by atoms with E-state index in [0.717, 1.165) is 18.4 Å². The lowest BCUT2D eigenvalue weighted by Crippen LogP contribution is -2.36. The molecule has 0 unspecified atom stereocenters. The lowest BCUT2D eigenvalue weighted by Gasteiger charge is -2.25. The van der Waals surface area contributed by atoms with Gasteiger partial charge in [0.1, 0.15) is 5.82 Å². The molecule has 3 rings (SSSR count). The van der Waals surface area contributed by atoms with Gasteiger partial charge in [-0.2, -0.15) is 0 Å². The summed E-state index contributed by atoms with van der Waals surface area (Å²) in [7, 11) is 0. The van der Waals surface area contributed by atoms with Crippen molar-refractivity contribution in [3.63, 3.8) is 0 Å². The number of rotatable bonds is 4. The van der Waals surface area contributed by atoms with Gasteiger partial charge in [0.05, 0.1) is 0 Å². The fourth-order valence-corrected chi connectivity index (χ4v) is 3.15. The molecule has 24 heavy (non-hydrogen) atoms. The molecule has 124 valence electrons. The summed E-state index contributed by atoms with van der Waals surface area (Å²) >= 11 is 0. The molecule has 5 heteroatoms. The number of nitrogens with two attached hydrogens (primary N) is 1. The fraction of sp³-hybridized carbons (Fsp3) is 0.263. The maximum atomic E-state index is 13.0. The fourth-order valence-electron chi connectivity index (χ4n) is 3.15. The first-order chi connectivity index (χ1) is 11.5. The Morgan fingerprint density at radius 3 is 2.29 bits per heavy atom. The van der Waals surface area contributed by atoms with E-state index in [0.29, 0.717) is 24.1 Å². The van der Waals surface area contributed by atoms with Crippen LogP contribution in [0.15, 0.2) is 48.5 Å². The van der Waals surface area contributed by atoms with Gasteiger partial charge in [0.25, 0.3) is 5.91 Å². The molecule has 0 saturated carbocycles. The van der Waals surface area contributed by atoms with E-state index in [1.165, 1.54) is 12.1 Å². The summed E-state index contributed by atoms with van der Waals surface area (Å²) < 4.78 is 13.0. The third-order valence-corrected chi connectivity index (χ3v) is 4.44. The summed E-state index contributed by atoms with van der Waals surface area (Å²) in [6.07, 6.45) is 2.60. The SMILES string of the molecule is NC(=O)c1ccc(C(=O)N2CCC[C@H]2Cc2ccc(F)cc2)cc1. The van der Waals surface area contributed by atoms with Gasteiger partial charge in [-0.1, -0.05) is 12.1 Å². The van der Waals surface area contributed by atoms with E-state index in [1.54, 1.807) is 36.4 Å². The van der Waals surface area contributed by atoms with E-state index in [9.17, 15) is 14.0 Å². The summed E-state index contributed by atoms with van der Waals surface area (Å²) in [5, 5.41) is 0. The van der Waals surface area contributed by atoms with E-state index in [2.05, 4.69) is 0 Å². The quantitative estimate of drug-likeness (QED) is 0.939. The monoisotopic (exact) mass is 326 g/mol. The van der Waals surface area contributed by atoms with Crippen LogP contribution in [-0.4, -0.2) is 29.3 Å². The molecule has 0 bridgehead atoms. The highest BCUT2D eigenvalue weighted by Crippen LogP contribution is 2.23. The molecule has 0 radical (unpaired) electrons. The van der Waals surface area contributed by atoms with Gasteiger partial charge in [-0.3, -0.25) is 9.59 Å². The van der Waals surface area contributed by atoms with Crippen molar-refractivity contribution in [3.8, 4) is 0 Å². The van der Waals surface area contributed by atoms with Crippen molar-refractivity contribution in [3.05, 3.63) is 71.0 Å². The Kier molecular flexibility index (Phi) is 4.60. The summed E-state index contributed by atoms with van der Waals surface area (Å²) in [6.45, 7) is 0.711. The molecule has 2 N–H and O–H groups in total. The number of likely N-dealkylation sites (tertiary alicyclic amines) is 1. The van der Waals surface area contributed by atoms with Gasteiger partial charge in [-0.05, 0) is 61.2 Å². The van der Waals surface area contributed by atoms with Crippen LogP contribution in [0.3, 0.4) is 0 Å². The van der Waals surface area contributed by atoms with Crippen LogP contribution in [0.25, 0.3) is 0 Å². The van der Waals surface area contributed by atoms with Gasteiger partial charge in [0, 0.05) is 23.7 Å². The lowest BCUT2D eigenvalue weighted by atomic mass is 10.0. The number of primary amides is 1. The molecule has 0 aromatic heterocycles. The minimum absolute atomic E-state index is 0.0457. The summed E-state index contributed by atoms with van der Waals surface area (Å²) in [6, 6.07) is 12.9. The van der Waals surface area contributed by atoms with Crippen LogP contribution in [0, 0.1) is 5.82 Å². The third-order valence-electron chi connectivity index (χ3n) is 4.44. The molecule has 1 atom stereocenters. The first-order valence-electron chi connectivity index (χ1n) is 8.00. The smallest absolute Gasteiger partial charge is 0.254 e. The Balaban J connectivity index is 1.73. The van der Waals surface area contributed by atoms with E-state index in [-0.39, 0.29) is 17.8 Å². The highest BCUT2D eigenvalue weighted by atomic mass is 19.1. The maximum Gasteiger partial charge on any atom is 0.254 e. The average molecular weight is 326 g/mol. The standard InChI is InChI=1S/C19H19FN2O2/c20-16-9-3-13(4-10-16)12-17-2-1-11-22(17)19(24)15-7-5-14(6-8-15)18(21)23/h3-10,17H,1-2,11-12H2,(H2,21,23)/t17-/m0/s1. The maximum absolute atomic E-state index is 13.0. The number of nitrogens with zero attached hydrogens (tertiary/aromatic N) is 1. The third kappa shape index (κ3) is 3.45. The van der Waals surface area contributed by atoms with Crippen LogP contribution in [0.5, 0.6) is 0 Å². The largest absolute Gasteiger partial charge is 0.366 e. The molecule has 1 aliphatic rings. The van der Waals surface area contributed by atoms with Crippen molar-refractivity contribution in [1.29, 1.82) is 0 Å². The number of halogens is 1. The Morgan fingerprint density at radius 2 is 1.67 bits per heavy atom. The van der Waals surface area contributed by atoms with Crippen LogP contribution >= 0.6 is 0 Å². The zero-order chi connectivity index (χ0) is 17.1. The second-order valence-electron chi connectivity index (χ2n) is 6.07. The first kappa shape index (κ1) is 16.2. The first-order valence-corrected chi connectivity index (χ1v) is 8.00. The van der Waals surface area contributed by atoms with E-state index in [4.69, 9.17) is 5.73 Å². The molecule has 1 saturated heterocycles. The molecule has 0 aliphatic carbocycles. The average Bonchev–Trinajstić information content (AvgIpc) is 3.04. The summed E-state index contributed by atoms with van der Waals surface area (Å²) in [4.78, 5) is 25.7. The highest BCUT2D eigenvalue weighted by molar-refractivity contribution is 5.97. The van der Waals surface area contributed by atoms with Gasteiger partial charge in [0.15, 0.2) is 0 Å². The molecular weight excluding hydrogens is 307 g/mol. The molecule has 4 nitrogen and oxygen atoms in total. The number of benzene rings is 2. The van der Waals surface area contributed by atoms with Crippen LogP contribution in [0.2, 0.25) is 0 Å². The molecule has 0 spiro atoms. The van der Waals surface area contributed by atoms with Crippen molar-refractivity contribution < 1.29 is 14.0 Å². The second-order valence-corrected chi connectivity index (χ2v) is 6.07. The van der Waals surface area contributed by atoms with Gasteiger partial charge in [-0.25, -0.2) is 4.39 Å². The van der Waals surface area contributed by atoms with Gasteiger partial charge in [-0.15, -0.1) is 0 Å². The van der Waals surface area contributed by atoms with Crippen molar-refractivity contribution in [1.82, 2.24) is 4.90 Å². The zero-order valence-electron chi connectivity index (χ0n) is 13.2. The Hall–Kier alpha value is -2.69. The minimum atomic E-state index is -0.510. The van der Waals surface area contributed by atoms with Gasteiger partial charge >= 0.3 is 0 Å². The number of carbonyl (C=O) groups excluding carboxylic acids is 2. The number of carbonyl (C=O) groups is 2. The van der Waals surface area contributed by atoms with Crippen LogP contribution in [0.4, 0.5) is 4.39 Å². The Morgan fingerprint density at radius 1 is 1.04 bits per heavy atom. The normalized spacial score (nSPS) is 17.0. The van der Waals surface area contributed by atoms with Crippen molar-refractivity contribution in [2.45, 2.75) is 25.3 Å². The Bertz CT molecular complexity index is 741. The predicted molar refractivity (Wildman–Crippen MR) is 89.1 cm³/mol. The lowest BCUT2D eigenvalue weighted by molar-refractivity contribution is 0.0736. The van der Waals surface area contributed by atoms with Crippen molar-refractivity contribution >= 4 is 11.8 Å². The van der Waals surface area contributed by atoms with E-state index < -0.39 is 5.91 Å². The molecule has 2 aromatic rings. The number of hydrogen-bond acceptors (Lipinski definition) is 2. The molecule has 1 aliphatic heterocycles. The Labute approximate surface area is 140 Å². The van der Waals surface area contributed by atoms with Crippen molar-refractivity contribution in [2.75, 3.05) is 6.54 Å². The molecular formula is C19H19FN2O2. The molecule has 2 amide bonds. The number of hydrogen-bond donors (Lipinski definition) is 1. The van der Waals surface area contributed by atoms with E-state index >= 15 is 0 Å². The number of amides is 2. The van der Waals surface area contributed by atoms with Gasteiger partial charge < -0.3 is 10.6 Å². The molecule has 2 aromatic carbocycles. The zero-order valence-corrected chi connectivity index (χ0v) is 13.2. The predicted octanol–water partition coefficient (Wildman–Crippen LogP) is 2.77. The molecule has 1 fully saturated rings. The van der Waals surface area contributed by atoms with Crippen LogP contribution in [-0.2, 0) is 6.42 Å². The summed E-state index contributed by atoms with van der Waals surface area (Å²) in [5.74, 6) is -0.812.